The van der Waals surface area contributed by atoms with Gasteiger partial charge in [0.05, 0.1) is 0 Å². The minimum absolute atomic E-state index is 0.549. The second kappa shape index (κ2) is 6.70. The molecule has 1 unspecified atom stereocenters. The molecular weight excluding hydrogens is 194 g/mol. The molecule has 1 heteroatoms. The highest BCUT2D eigenvalue weighted by atomic mass is 15.1. The number of hydrogen-bond acceptors (Lipinski definition) is 1. The number of unbranched alkanes of at least 4 members (excludes halogenated alkanes) is 1. The molecule has 1 rings (SSSR count). The van der Waals surface area contributed by atoms with Crippen LogP contribution in [0.3, 0.4) is 0 Å². The van der Waals surface area contributed by atoms with E-state index in [2.05, 4.69) is 63.2 Å². The molecule has 1 nitrogen and oxygen atoms in total. The molecule has 2 atom stereocenters. The van der Waals surface area contributed by atoms with Crippen molar-refractivity contribution in [2.24, 2.45) is 5.92 Å². The van der Waals surface area contributed by atoms with Crippen molar-refractivity contribution < 1.29 is 0 Å². The third-order valence-electron chi connectivity index (χ3n) is 3.25. The van der Waals surface area contributed by atoms with Crippen LogP contribution >= 0.6 is 0 Å². The first-order chi connectivity index (χ1) is 7.66. The maximum Gasteiger partial charge on any atom is 0.0367 e. The lowest BCUT2D eigenvalue weighted by Crippen LogP contribution is -2.26. The van der Waals surface area contributed by atoms with Crippen molar-refractivity contribution in [3.8, 4) is 0 Å². The van der Waals surface area contributed by atoms with Crippen LogP contribution in [0.2, 0.25) is 0 Å². The molecule has 0 saturated carbocycles. The van der Waals surface area contributed by atoms with E-state index in [0.29, 0.717) is 6.04 Å². The molecule has 0 aliphatic heterocycles. The average Bonchev–Trinajstić information content (AvgIpc) is 2.27. The molecule has 0 aliphatic carbocycles. The predicted molar refractivity (Wildman–Crippen MR) is 71.6 cm³/mol. The zero-order valence-electron chi connectivity index (χ0n) is 11.1. The van der Waals surface area contributed by atoms with Crippen LogP contribution in [0.4, 0.5) is 0 Å². The summed E-state index contributed by atoms with van der Waals surface area (Å²) in [4.78, 5) is 2.34. The Balaban J connectivity index is 2.75. The summed E-state index contributed by atoms with van der Waals surface area (Å²) in [5.41, 5.74) is 1.44. The number of nitrogens with zero attached hydrogens (tertiary/aromatic N) is 1. The molecule has 0 bridgehead atoms. The van der Waals surface area contributed by atoms with Crippen LogP contribution in [0.15, 0.2) is 30.3 Å². The first kappa shape index (κ1) is 13.2. The van der Waals surface area contributed by atoms with Crippen LogP contribution in [-0.2, 0) is 0 Å². The van der Waals surface area contributed by atoms with Crippen molar-refractivity contribution in [1.82, 2.24) is 4.90 Å². The summed E-state index contributed by atoms with van der Waals surface area (Å²) in [5.74, 6) is 0.720. The monoisotopic (exact) mass is 219 g/mol. The maximum atomic E-state index is 2.37. The Hall–Kier alpha value is -0.820. The summed E-state index contributed by atoms with van der Waals surface area (Å²) in [6, 6.07) is 11.4. The fourth-order valence-electron chi connectivity index (χ4n) is 2.47. The van der Waals surface area contributed by atoms with Gasteiger partial charge in [-0.15, -0.1) is 0 Å². The molecule has 0 aliphatic rings. The molecule has 0 heterocycles. The summed E-state index contributed by atoms with van der Waals surface area (Å²) in [6.45, 7) is 4.63. The van der Waals surface area contributed by atoms with Gasteiger partial charge >= 0.3 is 0 Å². The molecule has 16 heavy (non-hydrogen) atoms. The van der Waals surface area contributed by atoms with Gasteiger partial charge in [-0.05, 0) is 32.0 Å². The van der Waals surface area contributed by atoms with Crippen LogP contribution in [-0.4, -0.2) is 19.0 Å². The van der Waals surface area contributed by atoms with Gasteiger partial charge in [0.2, 0.25) is 0 Å². The fraction of sp³-hybridized carbons (Fsp3) is 0.600. The highest BCUT2D eigenvalue weighted by molar-refractivity contribution is 5.19. The van der Waals surface area contributed by atoms with Gasteiger partial charge in [0.1, 0.15) is 0 Å². The summed E-state index contributed by atoms with van der Waals surface area (Å²) in [7, 11) is 4.36. The van der Waals surface area contributed by atoms with Crippen LogP contribution < -0.4 is 0 Å². The Morgan fingerprint density at radius 1 is 1.12 bits per heavy atom. The third-order valence-corrected chi connectivity index (χ3v) is 3.25. The van der Waals surface area contributed by atoms with E-state index in [4.69, 9.17) is 0 Å². The van der Waals surface area contributed by atoms with Crippen molar-refractivity contribution in [1.29, 1.82) is 0 Å². The molecule has 0 saturated heterocycles. The third kappa shape index (κ3) is 3.64. The Bertz CT molecular complexity index is 279. The van der Waals surface area contributed by atoms with E-state index in [0.717, 1.165) is 5.92 Å². The Morgan fingerprint density at radius 3 is 2.25 bits per heavy atom. The second-order valence-corrected chi connectivity index (χ2v) is 4.94. The van der Waals surface area contributed by atoms with Gasteiger partial charge in [0, 0.05) is 6.04 Å². The smallest absolute Gasteiger partial charge is 0.0367 e. The van der Waals surface area contributed by atoms with E-state index >= 15 is 0 Å². The fourth-order valence-corrected chi connectivity index (χ4v) is 2.47. The largest absolute Gasteiger partial charge is 0.302 e. The highest BCUT2D eigenvalue weighted by Crippen LogP contribution is 2.29. The lowest BCUT2D eigenvalue weighted by Gasteiger charge is -2.30. The van der Waals surface area contributed by atoms with Gasteiger partial charge in [-0.2, -0.15) is 0 Å². The molecule has 90 valence electrons. The van der Waals surface area contributed by atoms with Crippen molar-refractivity contribution in [2.45, 2.75) is 39.2 Å². The standard InChI is InChI=1S/C15H25N/c1-5-6-10-13(2)15(16(3)4)14-11-8-7-9-12-14/h7-9,11-13,15H,5-6,10H2,1-4H3/t13-,15?/m1/s1. The van der Waals surface area contributed by atoms with Gasteiger partial charge in [-0.3, -0.25) is 0 Å². The molecular formula is C15H25N. The van der Waals surface area contributed by atoms with E-state index < -0.39 is 0 Å². The van der Waals surface area contributed by atoms with E-state index in [1.807, 2.05) is 0 Å². The van der Waals surface area contributed by atoms with Crippen molar-refractivity contribution in [2.75, 3.05) is 14.1 Å². The average molecular weight is 219 g/mol. The van der Waals surface area contributed by atoms with Crippen molar-refractivity contribution in [3.05, 3.63) is 35.9 Å². The van der Waals surface area contributed by atoms with Gasteiger partial charge in [-0.1, -0.05) is 57.0 Å². The summed E-state index contributed by atoms with van der Waals surface area (Å²) < 4.78 is 0. The lowest BCUT2D eigenvalue weighted by atomic mass is 9.89. The van der Waals surface area contributed by atoms with Crippen LogP contribution in [0.1, 0.15) is 44.7 Å². The second-order valence-electron chi connectivity index (χ2n) is 4.94. The molecule has 0 aromatic heterocycles. The Labute approximate surface area is 100 Å². The summed E-state index contributed by atoms with van der Waals surface area (Å²) in [5, 5.41) is 0. The zero-order valence-corrected chi connectivity index (χ0v) is 11.1. The molecule has 1 aromatic carbocycles. The molecule has 0 fully saturated rings. The van der Waals surface area contributed by atoms with Crippen LogP contribution in [0.5, 0.6) is 0 Å². The minimum atomic E-state index is 0.549. The molecule has 1 aromatic rings. The summed E-state index contributed by atoms with van der Waals surface area (Å²) in [6.07, 6.45) is 3.94. The lowest BCUT2D eigenvalue weighted by molar-refractivity contribution is 0.212. The molecule has 0 spiro atoms. The SMILES string of the molecule is CCCC[C@@H](C)C(c1ccccc1)N(C)C. The number of hydrogen-bond donors (Lipinski definition) is 0. The summed E-state index contributed by atoms with van der Waals surface area (Å²) >= 11 is 0. The quantitative estimate of drug-likeness (QED) is 0.696. The molecule has 0 radical (unpaired) electrons. The topological polar surface area (TPSA) is 3.24 Å². The molecule has 0 amide bonds. The maximum absolute atomic E-state index is 2.37. The van der Waals surface area contributed by atoms with Gasteiger partial charge in [0.25, 0.3) is 0 Å². The van der Waals surface area contributed by atoms with E-state index in [1.54, 1.807) is 0 Å². The number of rotatable bonds is 6. The van der Waals surface area contributed by atoms with Crippen LogP contribution in [0, 0.1) is 5.92 Å². The Kier molecular flexibility index (Phi) is 5.54. The highest BCUT2D eigenvalue weighted by Gasteiger charge is 2.20. The van der Waals surface area contributed by atoms with Gasteiger partial charge in [-0.25, -0.2) is 0 Å². The Morgan fingerprint density at radius 2 is 1.75 bits per heavy atom. The minimum Gasteiger partial charge on any atom is -0.302 e. The molecule has 0 N–H and O–H groups in total. The normalized spacial score (nSPS) is 15.1. The van der Waals surface area contributed by atoms with Crippen molar-refractivity contribution >= 4 is 0 Å². The van der Waals surface area contributed by atoms with E-state index in [1.165, 1.54) is 24.8 Å². The van der Waals surface area contributed by atoms with Gasteiger partial charge in [0.15, 0.2) is 0 Å². The number of benzene rings is 1. The zero-order chi connectivity index (χ0) is 12.0. The predicted octanol–water partition coefficient (Wildman–Crippen LogP) is 4.12. The van der Waals surface area contributed by atoms with Crippen LogP contribution in [0.25, 0.3) is 0 Å². The first-order valence-corrected chi connectivity index (χ1v) is 6.38. The van der Waals surface area contributed by atoms with E-state index in [9.17, 15) is 0 Å². The van der Waals surface area contributed by atoms with Crippen molar-refractivity contribution in [3.63, 3.8) is 0 Å². The van der Waals surface area contributed by atoms with Gasteiger partial charge < -0.3 is 4.90 Å². The van der Waals surface area contributed by atoms with E-state index in [-0.39, 0.29) is 0 Å². The first-order valence-electron chi connectivity index (χ1n) is 6.38.